The molecule has 1 amide bonds. The quantitative estimate of drug-likeness (QED) is 0.730. The highest BCUT2D eigenvalue weighted by Gasteiger charge is 2.30. The van der Waals surface area contributed by atoms with Crippen molar-refractivity contribution in [2.24, 2.45) is 0 Å². The van der Waals surface area contributed by atoms with Crippen LogP contribution in [0.5, 0.6) is 0 Å². The van der Waals surface area contributed by atoms with Crippen molar-refractivity contribution in [1.29, 1.82) is 0 Å². The molecule has 0 aliphatic heterocycles. The first kappa shape index (κ1) is 16.2. The minimum atomic E-state index is -1.93. The number of amides is 1. The van der Waals surface area contributed by atoms with Crippen LogP contribution in [0.2, 0.25) is 0 Å². The zero-order valence-electron chi connectivity index (χ0n) is 12.1. The van der Waals surface area contributed by atoms with Gasteiger partial charge in [-0.05, 0) is 32.8 Å². The van der Waals surface area contributed by atoms with E-state index in [2.05, 4.69) is 11.4 Å². The number of hydrogen-bond acceptors (Lipinski definition) is 3. The number of carboxylic acids is 1. The molecule has 110 valence electrons. The van der Waals surface area contributed by atoms with Crippen LogP contribution in [0.4, 0.5) is 0 Å². The first-order valence-electron chi connectivity index (χ1n) is 6.50. The number of nitrogens with one attached hydrogen (secondary N) is 1. The summed E-state index contributed by atoms with van der Waals surface area (Å²) in [5, 5.41) is 20.6. The standard InChI is InChI=1S/C15H21NO4/c1-10-6-11(2)8-12(7-10)4-5-13(17)16-9-15(3,20)14(18)19/h6-8,20H,4-5,9H2,1-3H3,(H,16,17)(H,18,19). The van der Waals surface area contributed by atoms with Crippen LogP contribution in [0.15, 0.2) is 18.2 Å². The van der Waals surface area contributed by atoms with Crippen LogP contribution in [0, 0.1) is 13.8 Å². The zero-order chi connectivity index (χ0) is 15.3. The molecule has 1 rings (SSSR count). The normalized spacial score (nSPS) is 13.6. The topological polar surface area (TPSA) is 86.6 Å². The van der Waals surface area contributed by atoms with E-state index < -0.39 is 11.6 Å². The maximum atomic E-state index is 11.6. The van der Waals surface area contributed by atoms with Crippen LogP contribution in [0.1, 0.15) is 30.0 Å². The average molecular weight is 279 g/mol. The van der Waals surface area contributed by atoms with Crippen LogP contribution in [0.3, 0.4) is 0 Å². The van der Waals surface area contributed by atoms with E-state index in [0.717, 1.165) is 23.6 Å². The van der Waals surface area contributed by atoms with Crippen molar-refractivity contribution >= 4 is 11.9 Å². The third-order valence-electron chi connectivity index (χ3n) is 3.01. The Bertz CT molecular complexity index is 488. The lowest BCUT2D eigenvalue weighted by Crippen LogP contribution is -2.46. The maximum Gasteiger partial charge on any atom is 0.337 e. The van der Waals surface area contributed by atoms with Gasteiger partial charge in [0.2, 0.25) is 5.91 Å². The van der Waals surface area contributed by atoms with E-state index in [9.17, 15) is 14.7 Å². The maximum absolute atomic E-state index is 11.6. The van der Waals surface area contributed by atoms with E-state index in [1.165, 1.54) is 0 Å². The molecule has 1 atom stereocenters. The monoisotopic (exact) mass is 279 g/mol. The van der Waals surface area contributed by atoms with Crippen LogP contribution in [-0.2, 0) is 16.0 Å². The Balaban J connectivity index is 2.46. The van der Waals surface area contributed by atoms with Gasteiger partial charge in [-0.15, -0.1) is 0 Å². The van der Waals surface area contributed by atoms with Crippen LogP contribution in [-0.4, -0.2) is 34.2 Å². The van der Waals surface area contributed by atoms with Gasteiger partial charge >= 0.3 is 5.97 Å². The second kappa shape index (κ2) is 6.52. The number of aliphatic hydroxyl groups is 1. The molecule has 5 nitrogen and oxygen atoms in total. The molecule has 0 aliphatic carbocycles. The highest BCUT2D eigenvalue weighted by atomic mass is 16.4. The predicted molar refractivity (Wildman–Crippen MR) is 75.5 cm³/mol. The SMILES string of the molecule is Cc1cc(C)cc(CCC(=O)NCC(C)(O)C(=O)O)c1. The fraction of sp³-hybridized carbons (Fsp3) is 0.467. The molecule has 20 heavy (non-hydrogen) atoms. The number of carbonyl (C=O) groups is 2. The Morgan fingerprint density at radius 1 is 1.20 bits per heavy atom. The number of aliphatic carboxylic acids is 1. The second-order valence-electron chi connectivity index (χ2n) is 5.35. The summed E-state index contributed by atoms with van der Waals surface area (Å²) in [4.78, 5) is 22.3. The molecule has 5 heteroatoms. The van der Waals surface area contributed by atoms with Gasteiger partial charge in [0, 0.05) is 6.42 Å². The summed E-state index contributed by atoms with van der Waals surface area (Å²) in [6, 6.07) is 6.11. The van der Waals surface area contributed by atoms with Gasteiger partial charge in [0.25, 0.3) is 0 Å². The molecule has 0 radical (unpaired) electrons. The third kappa shape index (κ3) is 5.01. The van der Waals surface area contributed by atoms with Crippen molar-refractivity contribution < 1.29 is 19.8 Å². The number of carboxylic acid groups (broad SMARTS) is 1. The fourth-order valence-corrected chi connectivity index (χ4v) is 1.91. The lowest BCUT2D eigenvalue weighted by Gasteiger charge is -2.18. The Morgan fingerprint density at radius 3 is 2.25 bits per heavy atom. The molecule has 0 aromatic heterocycles. The smallest absolute Gasteiger partial charge is 0.337 e. The third-order valence-corrected chi connectivity index (χ3v) is 3.01. The summed E-state index contributed by atoms with van der Waals surface area (Å²) >= 11 is 0. The van der Waals surface area contributed by atoms with E-state index in [0.29, 0.717) is 6.42 Å². The van der Waals surface area contributed by atoms with Gasteiger partial charge in [0.15, 0.2) is 5.60 Å². The first-order chi connectivity index (χ1) is 9.20. The molecule has 0 aliphatic rings. The summed E-state index contributed by atoms with van der Waals surface area (Å²) in [6.45, 7) is 4.86. The van der Waals surface area contributed by atoms with E-state index in [-0.39, 0.29) is 18.9 Å². The molecule has 0 saturated carbocycles. The van der Waals surface area contributed by atoms with Crippen molar-refractivity contribution in [3.8, 4) is 0 Å². The molecule has 3 N–H and O–H groups in total. The molecule has 1 aromatic rings. The minimum Gasteiger partial charge on any atom is -0.479 e. The van der Waals surface area contributed by atoms with E-state index in [4.69, 9.17) is 5.11 Å². The predicted octanol–water partition coefficient (Wildman–Crippen LogP) is 1.19. The highest BCUT2D eigenvalue weighted by molar-refractivity contribution is 5.80. The number of aryl methyl sites for hydroxylation is 3. The highest BCUT2D eigenvalue weighted by Crippen LogP contribution is 2.11. The van der Waals surface area contributed by atoms with E-state index in [1.54, 1.807) is 0 Å². The minimum absolute atomic E-state index is 0.262. The number of carbonyl (C=O) groups excluding carboxylic acids is 1. The Labute approximate surface area is 118 Å². The van der Waals surface area contributed by atoms with Crippen molar-refractivity contribution in [3.05, 3.63) is 34.9 Å². The van der Waals surface area contributed by atoms with Crippen LogP contribution in [0.25, 0.3) is 0 Å². The summed E-state index contributed by atoms with van der Waals surface area (Å²) in [6.07, 6.45) is 0.849. The number of benzene rings is 1. The van der Waals surface area contributed by atoms with Gasteiger partial charge in [-0.2, -0.15) is 0 Å². The lowest BCUT2D eigenvalue weighted by molar-refractivity contribution is -0.156. The summed E-state index contributed by atoms with van der Waals surface area (Å²) in [7, 11) is 0. The van der Waals surface area contributed by atoms with Crippen molar-refractivity contribution in [2.45, 2.75) is 39.2 Å². The molecule has 0 heterocycles. The lowest BCUT2D eigenvalue weighted by atomic mass is 10.0. The zero-order valence-corrected chi connectivity index (χ0v) is 12.1. The molecule has 0 spiro atoms. The summed E-state index contributed by atoms with van der Waals surface area (Å²) in [5.41, 5.74) is 1.43. The van der Waals surface area contributed by atoms with Crippen LogP contribution < -0.4 is 5.32 Å². The van der Waals surface area contributed by atoms with Crippen LogP contribution >= 0.6 is 0 Å². The van der Waals surface area contributed by atoms with Gasteiger partial charge in [-0.3, -0.25) is 4.79 Å². The van der Waals surface area contributed by atoms with Gasteiger partial charge in [0.05, 0.1) is 6.54 Å². The fourth-order valence-electron chi connectivity index (χ4n) is 1.91. The first-order valence-corrected chi connectivity index (χ1v) is 6.50. The Kier molecular flexibility index (Phi) is 5.27. The number of hydrogen-bond donors (Lipinski definition) is 3. The molecule has 0 fully saturated rings. The average Bonchev–Trinajstić information content (AvgIpc) is 2.32. The molecule has 0 saturated heterocycles. The molecule has 1 aromatic carbocycles. The van der Waals surface area contributed by atoms with Gasteiger partial charge in [-0.25, -0.2) is 4.79 Å². The Morgan fingerprint density at radius 2 is 1.75 bits per heavy atom. The van der Waals surface area contributed by atoms with E-state index >= 15 is 0 Å². The number of rotatable bonds is 6. The second-order valence-corrected chi connectivity index (χ2v) is 5.35. The van der Waals surface area contributed by atoms with Gasteiger partial charge < -0.3 is 15.5 Å². The summed E-state index contributed by atoms with van der Waals surface area (Å²) < 4.78 is 0. The van der Waals surface area contributed by atoms with Gasteiger partial charge in [0.1, 0.15) is 0 Å². The molecular formula is C15H21NO4. The largest absolute Gasteiger partial charge is 0.479 e. The van der Waals surface area contributed by atoms with Crippen molar-refractivity contribution in [3.63, 3.8) is 0 Å². The van der Waals surface area contributed by atoms with Gasteiger partial charge in [-0.1, -0.05) is 29.3 Å². The van der Waals surface area contributed by atoms with Crippen molar-refractivity contribution in [2.75, 3.05) is 6.54 Å². The Hall–Kier alpha value is -1.88. The van der Waals surface area contributed by atoms with Crippen molar-refractivity contribution in [1.82, 2.24) is 5.32 Å². The van der Waals surface area contributed by atoms with E-state index in [1.807, 2.05) is 26.0 Å². The summed E-state index contributed by atoms with van der Waals surface area (Å²) in [5.74, 6) is -1.63. The molecule has 1 unspecified atom stereocenters. The molecular weight excluding hydrogens is 258 g/mol. The molecule has 0 bridgehead atoms.